The number of nitro benzene ring substituents is 1. The number of alkyl carbamates (subject to hydrolysis) is 1. The van der Waals surface area contributed by atoms with Crippen LogP contribution >= 0.6 is 0 Å². The van der Waals surface area contributed by atoms with E-state index in [1.165, 1.54) is 24.1 Å². The molecule has 0 bridgehead atoms. The number of nitrogens with one attached hydrogen (secondary N) is 2. The van der Waals surface area contributed by atoms with Gasteiger partial charge in [0.15, 0.2) is 5.69 Å². The number of hydrogen-bond donors (Lipinski definition) is 2. The highest BCUT2D eigenvalue weighted by atomic mass is 16.6. The summed E-state index contributed by atoms with van der Waals surface area (Å²) in [5, 5.41) is 16.9. The summed E-state index contributed by atoms with van der Waals surface area (Å²) in [5.74, 6) is -0.169. The molecule has 1 heterocycles. The maximum atomic E-state index is 13.0. The SMILES string of the molecule is CNc1c(OC)cc(C(=O)N2CCCC(OC(=O)NC(C)(C)C)C2)cc1[N+](=O)[O-]. The van der Waals surface area contributed by atoms with Crippen molar-refractivity contribution >= 4 is 23.4 Å². The number of likely N-dealkylation sites (tertiary alicyclic amines) is 1. The van der Waals surface area contributed by atoms with E-state index in [1.807, 2.05) is 20.8 Å². The Balaban J connectivity index is 2.18. The van der Waals surface area contributed by atoms with Crippen LogP contribution in [0, 0.1) is 10.1 Å². The molecule has 0 spiro atoms. The van der Waals surface area contributed by atoms with E-state index in [4.69, 9.17) is 9.47 Å². The van der Waals surface area contributed by atoms with Gasteiger partial charge >= 0.3 is 6.09 Å². The third kappa shape index (κ3) is 5.72. The van der Waals surface area contributed by atoms with Crippen molar-refractivity contribution < 1.29 is 24.0 Å². The summed E-state index contributed by atoms with van der Waals surface area (Å²) in [5.41, 5.74) is -0.323. The second-order valence-corrected chi connectivity index (χ2v) is 7.88. The lowest BCUT2D eigenvalue weighted by Gasteiger charge is -2.33. The van der Waals surface area contributed by atoms with Crippen molar-refractivity contribution in [2.45, 2.75) is 45.3 Å². The van der Waals surface area contributed by atoms with Gasteiger partial charge in [0, 0.05) is 25.2 Å². The predicted molar refractivity (Wildman–Crippen MR) is 107 cm³/mol. The summed E-state index contributed by atoms with van der Waals surface area (Å²) in [6.07, 6.45) is 0.326. The molecule has 0 saturated carbocycles. The second kappa shape index (κ2) is 8.97. The molecule has 1 aliphatic rings. The fourth-order valence-electron chi connectivity index (χ4n) is 3.17. The van der Waals surface area contributed by atoms with Crippen molar-refractivity contribution in [3.05, 3.63) is 27.8 Å². The Labute approximate surface area is 169 Å². The first-order valence-electron chi connectivity index (χ1n) is 9.38. The summed E-state index contributed by atoms with van der Waals surface area (Å²) in [6, 6.07) is 2.70. The zero-order valence-electron chi connectivity index (χ0n) is 17.4. The van der Waals surface area contributed by atoms with Crippen molar-refractivity contribution in [1.29, 1.82) is 0 Å². The summed E-state index contributed by atoms with van der Waals surface area (Å²) in [4.78, 5) is 37.4. The van der Waals surface area contributed by atoms with E-state index in [2.05, 4.69) is 10.6 Å². The highest BCUT2D eigenvalue weighted by Crippen LogP contribution is 2.36. The number of piperidine rings is 1. The normalized spacial score (nSPS) is 16.7. The molecule has 2 rings (SSSR count). The van der Waals surface area contributed by atoms with E-state index in [0.29, 0.717) is 19.4 Å². The molecule has 10 nitrogen and oxygen atoms in total. The van der Waals surface area contributed by atoms with E-state index in [9.17, 15) is 19.7 Å². The van der Waals surface area contributed by atoms with Crippen molar-refractivity contribution in [3.8, 4) is 5.75 Å². The lowest BCUT2D eigenvalue weighted by molar-refractivity contribution is -0.384. The predicted octanol–water partition coefficient (Wildman–Crippen LogP) is 2.77. The molecule has 160 valence electrons. The van der Waals surface area contributed by atoms with E-state index < -0.39 is 22.7 Å². The molecule has 10 heteroatoms. The monoisotopic (exact) mass is 408 g/mol. The third-order valence-corrected chi connectivity index (χ3v) is 4.41. The number of hydrogen-bond acceptors (Lipinski definition) is 7. The molecule has 2 N–H and O–H groups in total. The number of ether oxygens (including phenoxy) is 2. The van der Waals surface area contributed by atoms with Gasteiger partial charge in [0.1, 0.15) is 11.9 Å². The summed E-state index contributed by atoms with van der Waals surface area (Å²) >= 11 is 0. The molecule has 29 heavy (non-hydrogen) atoms. The number of nitro groups is 1. The molecule has 1 atom stereocenters. The Morgan fingerprint density at radius 3 is 2.55 bits per heavy atom. The van der Waals surface area contributed by atoms with Gasteiger partial charge in [-0.2, -0.15) is 0 Å². The fraction of sp³-hybridized carbons (Fsp3) is 0.579. The molecule has 0 aliphatic carbocycles. The zero-order valence-corrected chi connectivity index (χ0v) is 17.4. The maximum Gasteiger partial charge on any atom is 0.407 e. The fourth-order valence-corrected chi connectivity index (χ4v) is 3.17. The second-order valence-electron chi connectivity index (χ2n) is 7.88. The van der Waals surface area contributed by atoms with Gasteiger partial charge in [-0.05, 0) is 39.7 Å². The zero-order chi connectivity index (χ0) is 21.8. The van der Waals surface area contributed by atoms with Crippen LogP contribution in [0.25, 0.3) is 0 Å². The van der Waals surface area contributed by atoms with Gasteiger partial charge in [0.05, 0.1) is 24.1 Å². The maximum absolute atomic E-state index is 13.0. The molecule has 1 aliphatic heterocycles. The topological polar surface area (TPSA) is 123 Å². The van der Waals surface area contributed by atoms with Gasteiger partial charge in [0.25, 0.3) is 11.6 Å². The minimum Gasteiger partial charge on any atom is -0.494 e. The first-order chi connectivity index (χ1) is 13.6. The van der Waals surface area contributed by atoms with Gasteiger partial charge in [-0.15, -0.1) is 0 Å². The van der Waals surface area contributed by atoms with E-state index in [-0.39, 0.29) is 35.1 Å². The molecule has 2 amide bonds. The Kier molecular flexibility index (Phi) is 6.89. The minimum atomic E-state index is -0.565. The van der Waals surface area contributed by atoms with Crippen LogP contribution in [0.2, 0.25) is 0 Å². The molecule has 1 unspecified atom stereocenters. The standard InChI is InChI=1S/C19H28N4O6/c1-19(2,3)21-18(25)29-13-7-6-8-22(11-13)17(24)12-9-14(23(26)27)16(20-4)15(10-12)28-5/h9-10,13,20H,6-8,11H2,1-5H3,(H,21,25). The third-order valence-electron chi connectivity index (χ3n) is 4.41. The van der Waals surface area contributed by atoms with Crippen LogP contribution in [0.4, 0.5) is 16.2 Å². The van der Waals surface area contributed by atoms with Crippen LogP contribution in [0.3, 0.4) is 0 Å². The van der Waals surface area contributed by atoms with Crippen molar-refractivity contribution in [1.82, 2.24) is 10.2 Å². The first-order valence-corrected chi connectivity index (χ1v) is 9.38. The summed E-state index contributed by atoms with van der Waals surface area (Å²) in [7, 11) is 2.92. The van der Waals surface area contributed by atoms with E-state index in [1.54, 1.807) is 7.05 Å². The Bertz CT molecular complexity index is 790. The Morgan fingerprint density at radius 2 is 2.00 bits per heavy atom. The molecule has 1 saturated heterocycles. The Morgan fingerprint density at radius 1 is 1.31 bits per heavy atom. The average molecular weight is 408 g/mol. The number of carbonyl (C=O) groups is 2. The number of nitrogens with zero attached hydrogens (tertiary/aromatic N) is 2. The van der Waals surface area contributed by atoms with Gasteiger partial charge < -0.3 is 25.0 Å². The number of amides is 2. The van der Waals surface area contributed by atoms with Gasteiger partial charge in [-0.3, -0.25) is 14.9 Å². The molecular formula is C19H28N4O6. The lowest BCUT2D eigenvalue weighted by Crippen LogP contribution is -2.47. The smallest absolute Gasteiger partial charge is 0.407 e. The number of anilines is 1. The van der Waals surface area contributed by atoms with Gasteiger partial charge in [-0.25, -0.2) is 4.79 Å². The van der Waals surface area contributed by atoms with Crippen molar-refractivity contribution in [2.75, 3.05) is 32.6 Å². The Hall–Kier alpha value is -3.04. The average Bonchev–Trinajstić information content (AvgIpc) is 2.64. The van der Waals surface area contributed by atoms with Crippen LogP contribution in [-0.2, 0) is 4.74 Å². The summed E-state index contributed by atoms with van der Waals surface area (Å²) in [6.45, 7) is 6.24. The van der Waals surface area contributed by atoms with Crippen LogP contribution in [0.1, 0.15) is 44.0 Å². The van der Waals surface area contributed by atoms with Crippen molar-refractivity contribution in [3.63, 3.8) is 0 Å². The number of benzene rings is 1. The molecule has 1 fully saturated rings. The minimum absolute atomic E-state index is 0.146. The highest BCUT2D eigenvalue weighted by Gasteiger charge is 2.30. The lowest BCUT2D eigenvalue weighted by atomic mass is 10.1. The van der Waals surface area contributed by atoms with Crippen LogP contribution < -0.4 is 15.4 Å². The van der Waals surface area contributed by atoms with E-state index in [0.717, 1.165) is 0 Å². The largest absolute Gasteiger partial charge is 0.494 e. The molecule has 1 aromatic rings. The number of rotatable bonds is 5. The van der Waals surface area contributed by atoms with Gasteiger partial charge in [0.2, 0.25) is 0 Å². The van der Waals surface area contributed by atoms with E-state index >= 15 is 0 Å². The molecular weight excluding hydrogens is 380 g/mol. The first kappa shape index (κ1) is 22.3. The molecule has 0 radical (unpaired) electrons. The number of carbonyl (C=O) groups excluding carboxylic acids is 2. The number of methoxy groups -OCH3 is 1. The molecule has 1 aromatic carbocycles. The van der Waals surface area contributed by atoms with Crippen LogP contribution in [0.5, 0.6) is 5.75 Å². The van der Waals surface area contributed by atoms with Gasteiger partial charge in [-0.1, -0.05) is 0 Å². The molecule has 0 aromatic heterocycles. The highest BCUT2D eigenvalue weighted by molar-refractivity contribution is 5.97. The van der Waals surface area contributed by atoms with Crippen LogP contribution in [0.15, 0.2) is 12.1 Å². The van der Waals surface area contributed by atoms with Crippen LogP contribution in [-0.4, -0.2) is 60.7 Å². The summed E-state index contributed by atoms with van der Waals surface area (Å²) < 4.78 is 10.7. The van der Waals surface area contributed by atoms with Crippen molar-refractivity contribution in [2.24, 2.45) is 0 Å². The quantitative estimate of drug-likeness (QED) is 0.567.